The predicted molar refractivity (Wildman–Crippen MR) is 71.1 cm³/mol. The average Bonchev–Trinajstić information content (AvgIpc) is 2.78. The van der Waals surface area contributed by atoms with E-state index >= 15 is 0 Å². The van der Waals surface area contributed by atoms with Crippen LogP contribution in [-0.4, -0.2) is 47.3 Å². The molecule has 0 amide bonds. The minimum atomic E-state index is -1.000. The second-order valence-electron chi connectivity index (χ2n) is 4.32. The van der Waals surface area contributed by atoms with Gasteiger partial charge < -0.3 is 19.7 Å². The Morgan fingerprint density at radius 3 is 2.84 bits per heavy atom. The number of hydrogen-bond acceptors (Lipinski definition) is 4. The minimum Gasteiger partial charge on any atom is -0.478 e. The maximum Gasteiger partial charge on any atom is 0.337 e. The molecule has 1 aromatic carbocycles. The number of fused-ring (bicyclic) bond motifs is 1. The molecule has 1 aliphatic rings. The monoisotopic (exact) mass is 281 g/mol. The fraction of sp³-hybridized carbons (Fsp3) is 0.333. The molecule has 0 spiro atoms. The summed E-state index contributed by atoms with van der Waals surface area (Å²) in [5, 5.41) is 9.47. The van der Waals surface area contributed by atoms with Crippen molar-refractivity contribution in [2.75, 3.05) is 31.2 Å². The zero-order valence-corrected chi connectivity index (χ0v) is 10.8. The van der Waals surface area contributed by atoms with Gasteiger partial charge >= 0.3 is 5.97 Å². The average molecular weight is 282 g/mol. The highest BCUT2D eigenvalue weighted by Crippen LogP contribution is 2.26. The fourth-order valence-electron chi connectivity index (χ4n) is 2.24. The van der Waals surface area contributed by atoms with Crippen LogP contribution in [0.4, 0.5) is 5.69 Å². The number of ether oxygens (including phenoxy) is 1. The number of imidazole rings is 1. The third kappa shape index (κ3) is 2.24. The Balaban J connectivity index is 2.12. The molecule has 0 saturated carbocycles. The molecule has 19 heavy (non-hydrogen) atoms. The van der Waals surface area contributed by atoms with Gasteiger partial charge in [0.15, 0.2) is 0 Å². The third-order valence-electron chi connectivity index (χ3n) is 3.16. The zero-order chi connectivity index (χ0) is 13.4. The Morgan fingerprint density at radius 1 is 1.42 bits per heavy atom. The van der Waals surface area contributed by atoms with Gasteiger partial charge in [-0.2, -0.15) is 0 Å². The summed E-state index contributed by atoms with van der Waals surface area (Å²) in [5.74, 6) is -1.000. The lowest BCUT2D eigenvalue weighted by atomic mass is 10.1. The summed E-state index contributed by atoms with van der Waals surface area (Å²) < 4.78 is 5.29. The van der Waals surface area contributed by atoms with Crippen molar-refractivity contribution in [1.82, 2.24) is 9.97 Å². The summed E-state index contributed by atoms with van der Waals surface area (Å²) >= 11 is 5.80. The van der Waals surface area contributed by atoms with Crippen molar-refractivity contribution in [3.63, 3.8) is 0 Å². The molecule has 0 radical (unpaired) electrons. The number of aromatic nitrogens is 2. The molecule has 7 heteroatoms. The summed E-state index contributed by atoms with van der Waals surface area (Å²) in [5.41, 5.74) is 2.02. The third-order valence-corrected chi connectivity index (χ3v) is 3.33. The molecule has 2 aromatic rings. The highest BCUT2D eigenvalue weighted by Gasteiger charge is 2.18. The number of aromatic carboxylic acids is 1. The van der Waals surface area contributed by atoms with Gasteiger partial charge in [-0.05, 0) is 23.7 Å². The standard InChI is InChI=1S/C12H12ClN3O3/c13-12-14-9-6-7(16-1-3-19-4-2-16)5-8(11(17)18)10(9)15-12/h5-6H,1-4H2,(H,14,15)(H,17,18). The number of nitrogens with one attached hydrogen (secondary N) is 1. The molecule has 2 N–H and O–H groups in total. The van der Waals surface area contributed by atoms with E-state index in [1.165, 1.54) is 0 Å². The van der Waals surface area contributed by atoms with Gasteiger partial charge in [-0.1, -0.05) is 0 Å². The summed E-state index contributed by atoms with van der Waals surface area (Å²) in [6.07, 6.45) is 0. The van der Waals surface area contributed by atoms with Crippen molar-refractivity contribution in [1.29, 1.82) is 0 Å². The molecule has 0 unspecified atom stereocenters. The second-order valence-corrected chi connectivity index (χ2v) is 4.68. The molecular formula is C12H12ClN3O3. The van der Waals surface area contributed by atoms with E-state index in [1.807, 2.05) is 6.07 Å². The molecule has 100 valence electrons. The van der Waals surface area contributed by atoms with E-state index in [-0.39, 0.29) is 10.8 Å². The fourth-order valence-corrected chi connectivity index (χ4v) is 2.43. The molecule has 3 rings (SSSR count). The van der Waals surface area contributed by atoms with Crippen molar-refractivity contribution in [3.05, 3.63) is 23.0 Å². The van der Waals surface area contributed by atoms with Crippen LogP contribution in [0.3, 0.4) is 0 Å². The maximum absolute atomic E-state index is 11.3. The smallest absolute Gasteiger partial charge is 0.337 e. The number of hydrogen-bond donors (Lipinski definition) is 2. The minimum absolute atomic E-state index is 0.179. The van der Waals surface area contributed by atoms with E-state index in [0.29, 0.717) is 24.2 Å². The number of halogens is 1. The summed E-state index contributed by atoms with van der Waals surface area (Å²) in [7, 11) is 0. The van der Waals surface area contributed by atoms with Gasteiger partial charge in [-0.25, -0.2) is 9.78 Å². The van der Waals surface area contributed by atoms with Crippen LogP contribution in [0.2, 0.25) is 5.28 Å². The second kappa shape index (κ2) is 4.71. The molecule has 2 heterocycles. The van der Waals surface area contributed by atoms with E-state index in [0.717, 1.165) is 18.8 Å². The van der Waals surface area contributed by atoms with Crippen molar-refractivity contribution in [3.8, 4) is 0 Å². The Morgan fingerprint density at radius 2 is 2.16 bits per heavy atom. The van der Waals surface area contributed by atoms with Crippen LogP contribution in [0.25, 0.3) is 11.0 Å². The van der Waals surface area contributed by atoms with Gasteiger partial charge in [0.25, 0.3) is 0 Å². The van der Waals surface area contributed by atoms with E-state index in [2.05, 4.69) is 14.9 Å². The van der Waals surface area contributed by atoms with Crippen molar-refractivity contribution < 1.29 is 14.6 Å². The summed E-state index contributed by atoms with van der Waals surface area (Å²) in [6, 6.07) is 3.49. The lowest BCUT2D eigenvalue weighted by Gasteiger charge is -2.29. The predicted octanol–water partition coefficient (Wildman–Crippen LogP) is 1.75. The first-order chi connectivity index (χ1) is 9.15. The number of carboxylic acid groups (broad SMARTS) is 1. The lowest BCUT2D eigenvalue weighted by molar-refractivity contribution is 0.0699. The highest BCUT2D eigenvalue weighted by atomic mass is 35.5. The molecule has 0 atom stereocenters. The number of rotatable bonds is 2. The largest absolute Gasteiger partial charge is 0.478 e. The van der Waals surface area contributed by atoms with Crippen molar-refractivity contribution in [2.24, 2.45) is 0 Å². The topological polar surface area (TPSA) is 78.4 Å². The first kappa shape index (κ1) is 12.3. The van der Waals surface area contributed by atoms with E-state index in [9.17, 15) is 9.90 Å². The van der Waals surface area contributed by atoms with Crippen LogP contribution in [0.1, 0.15) is 10.4 Å². The highest BCUT2D eigenvalue weighted by molar-refractivity contribution is 6.29. The lowest BCUT2D eigenvalue weighted by Crippen LogP contribution is -2.36. The van der Waals surface area contributed by atoms with Crippen LogP contribution in [0.15, 0.2) is 12.1 Å². The first-order valence-corrected chi connectivity index (χ1v) is 6.28. The van der Waals surface area contributed by atoms with Gasteiger partial charge in [-0.3, -0.25) is 0 Å². The van der Waals surface area contributed by atoms with Gasteiger partial charge in [0.1, 0.15) is 0 Å². The van der Waals surface area contributed by atoms with Gasteiger partial charge in [0.2, 0.25) is 5.28 Å². The van der Waals surface area contributed by atoms with E-state index < -0.39 is 5.97 Å². The normalized spacial score (nSPS) is 15.9. The van der Waals surface area contributed by atoms with Gasteiger partial charge in [0, 0.05) is 18.8 Å². The molecular weight excluding hydrogens is 270 g/mol. The van der Waals surface area contributed by atoms with Crippen LogP contribution in [0.5, 0.6) is 0 Å². The first-order valence-electron chi connectivity index (χ1n) is 5.90. The number of carboxylic acids is 1. The number of H-pyrrole nitrogens is 1. The number of nitrogens with zero attached hydrogens (tertiary/aromatic N) is 2. The number of aromatic amines is 1. The van der Waals surface area contributed by atoms with Crippen LogP contribution >= 0.6 is 11.6 Å². The van der Waals surface area contributed by atoms with Gasteiger partial charge in [0.05, 0.1) is 29.8 Å². The Labute approximate surface area is 113 Å². The number of anilines is 1. The Kier molecular flexibility index (Phi) is 3.04. The van der Waals surface area contributed by atoms with Crippen LogP contribution < -0.4 is 4.90 Å². The Hall–Kier alpha value is -1.79. The number of carbonyl (C=O) groups is 1. The van der Waals surface area contributed by atoms with Crippen LogP contribution in [0, 0.1) is 0 Å². The Bertz CT molecular complexity index is 634. The molecule has 1 aromatic heterocycles. The summed E-state index contributed by atoms with van der Waals surface area (Å²) in [6.45, 7) is 2.76. The molecule has 1 saturated heterocycles. The number of benzene rings is 1. The van der Waals surface area contributed by atoms with E-state index in [1.54, 1.807) is 6.07 Å². The molecule has 1 aliphatic heterocycles. The van der Waals surface area contributed by atoms with E-state index in [4.69, 9.17) is 16.3 Å². The zero-order valence-electron chi connectivity index (χ0n) is 10.0. The maximum atomic E-state index is 11.3. The van der Waals surface area contributed by atoms with Crippen LogP contribution in [-0.2, 0) is 4.74 Å². The molecule has 6 nitrogen and oxygen atoms in total. The van der Waals surface area contributed by atoms with Crippen molar-refractivity contribution in [2.45, 2.75) is 0 Å². The summed E-state index contributed by atoms with van der Waals surface area (Å²) in [4.78, 5) is 20.3. The number of morpholine rings is 1. The quantitative estimate of drug-likeness (QED) is 0.877. The molecule has 1 fully saturated rings. The molecule has 0 aliphatic carbocycles. The van der Waals surface area contributed by atoms with Gasteiger partial charge in [-0.15, -0.1) is 0 Å². The molecule has 0 bridgehead atoms. The van der Waals surface area contributed by atoms with Crippen molar-refractivity contribution >= 4 is 34.3 Å². The SMILES string of the molecule is O=C(O)c1cc(N2CCOCC2)cc2nc(Cl)[nH]c12.